The maximum absolute atomic E-state index is 5.88. The van der Waals surface area contributed by atoms with Crippen LogP contribution >= 0.6 is 0 Å². The van der Waals surface area contributed by atoms with Crippen LogP contribution < -0.4 is 5.32 Å². The first kappa shape index (κ1) is 14.3. The zero-order valence-electron chi connectivity index (χ0n) is 12.2. The zero-order chi connectivity index (χ0) is 14.5. The number of hydrogen-bond donors (Lipinski definition) is 1. The number of aromatic nitrogens is 2. The third-order valence-corrected chi connectivity index (χ3v) is 3.63. The normalized spacial score (nSPS) is 20.3. The Labute approximate surface area is 124 Å². The number of nitrogens with one attached hydrogen (secondary N) is 1. The van der Waals surface area contributed by atoms with Gasteiger partial charge in [-0.15, -0.1) is 0 Å². The molecule has 0 saturated carbocycles. The molecule has 3 rings (SSSR count). The van der Waals surface area contributed by atoms with Crippen molar-refractivity contribution < 1.29 is 9.47 Å². The highest BCUT2D eigenvalue weighted by Gasteiger charge is 2.28. The number of likely N-dealkylation sites (N-methyl/N-ethyl adjacent to an activating group) is 1. The van der Waals surface area contributed by atoms with Crippen molar-refractivity contribution in [2.24, 2.45) is 0 Å². The van der Waals surface area contributed by atoms with Crippen LogP contribution in [0.2, 0.25) is 0 Å². The number of nitrogens with zero attached hydrogens (tertiary/aromatic N) is 2. The van der Waals surface area contributed by atoms with Crippen molar-refractivity contribution in [1.82, 2.24) is 15.1 Å². The van der Waals surface area contributed by atoms with Gasteiger partial charge in [0.2, 0.25) is 0 Å². The van der Waals surface area contributed by atoms with Crippen LogP contribution in [0.4, 0.5) is 0 Å². The lowest BCUT2D eigenvalue weighted by Gasteiger charge is -2.31. The van der Waals surface area contributed by atoms with Crippen molar-refractivity contribution in [3.8, 4) is 5.69 Å². The van der Waals surface area contributed by atoms with Gasteiger partial charge in [0.05, 0.1) is 37.2 Å². The number of ether oxygens (including phenoxy) is 2. The summed E-state index contributed by atoms with van der Waals surface area (Å²) in [6.45, 7) is 4.89. The first-order valence-corrected chi connectivity index (χ1v) is 7.42. The monoisotopic (exact) mass is 287 g/mol. The number of rotatable bonds is 5. The molecule has 2 unspecified atom stereocenters. The molecular weight excluding hydrogens is 266 g/mol. The predicted octanol–water partition coefficient (Wildman–Crippen LogP) is 1.94. The van der Waals surface area contributed by atoms with Gasteiger partial charge in [-0.2, -0.15) is 5.10 Å². The van der Waals surface area contributed by atoms with E-state index in [0.29, 0.717) is 19.8 Å². The number of benzene rings is 1. The third-order valence-electron chi connectivity index (χ3n) is 3.63. The highest BCUT2D eigenvalue weighted by Crippen LogP contribution is 2.23. The Hall–Kier alpha value is -1.69. The number of hydrogen-bond acceptors (Lipinski definition) is 4. The van der Waals surface area contributed by atoms with E-state index in [1.165, 1.54) is 0 Å². The summed E-state index contributed by atoms with van der Waals surface area (Å²) in [4.78, 5) is 0. The van der Waals surface area contributed by atoms with Crippen molar-refractivity contribution in [1.29, 1.82) is 0 Å². The molecule has 1 fully saturated rings. The summed E-state index contributed by atoms with van der Waals surface area (Å²) in [7, 11) is 0. The molecule has 1 aliphatic heterocycles. The van der Waals surface area contributed by atoms with Gasteiger partial charge < -0.3 is 14.8 Å². The van der Waals surface area contributed by atoms with Gasteiger partial charge in [-0.05, 0) is 24.7 Å². The topological polar surface area (TPSA) is 48.3 Å². The molecule has 1 N–H and O–H groups in total. The Kier molecular flexibility index (Phi) is 4.65. The minimum absolute atomic E-state index is 0.0119. The Morgan fingerprint density at radius 2 is 2.14 bits per heavy atom. The lowest BCUT2D eigenvalue weighted by atomic mass is 10.1. The van der Waals surface area contributed by atoms with Crippen molar-refractivity contribution in [2.75, 3.05) is 26.4 Å². The summed E-state index contributed by atoms with van der Waals surface area (Å²) in [5.41, 5.74) is 2.15. The van der Waals surface area contributed by atoms with Crippen LogP contribution in [0.1, 0.15) is 18.7 Å². The lowest BCUT2D eigenvalue weighted by Crippen LogP contribution is -2.41. The van der Waals surface area contributed by atoms with Crippen LogP contribution in [0.3, 0.4) is 0 Å². The van der Waals surface area contributed by atoms with Gasteiger partial charge in [-0.25, -0.2) is 4.68 Å². The lowest BCUT2D eigenvalue weighted by molar-refractivity contribution is -0.103. The van der Waals surface area contributed by atoms with Crippen LogP contribution in [-0.4, -0.2) is 42.2 Å². The van der Waals surface area contributed by atoms with E-state index in [1.54, 1.807) is 0 Å². The second kappa shape index (κ2) is 6.85. The largest absolute Gasteiger partial charge is 0.376 e. The Bertz CT molecular complexity index is 550. The summed E-state index contributed by atoms with van der Waals surface area (Å²) in [5, 5.41) is 7.96. The molecule has 21 heavy (non-hydrogen) atoms. The molecule has 0 bridgehead atoms. The molecule has 2 aromatic rings. The van der Waals surface area contributed by atoms with Crippen molar-refractivity contribution in [3.05, 3.63) is 48.3 Å². The first-order valence-electron chi connectivity index (χ1n) is 7.42. The van der Waals surface area contributed by atoms with E-state index in [2.05, 4.69) is 29.5 Å². The molecule has 5 heteroatoms. The highest BCUT2D eigenvalue weighted by molar-refractivity contribution is 5.33. The molecule has 0 spiro atoms. The van der Waals surface area contributed by atoms with Crippen LogP contribution in [0.15, 0.2) is 42.6 Å². The predicted molar refractivity (Wildman–Crippen MR) is 80.5 cm³/mol. The molecule has 2 heterocycles. The van der Waals surface area contributed by atoms with Crippen molar-refractivity contribution in [2.45, 2.75) is 19.1 Å². The van der Waals surface area contributed by atoms with Crippen molar-refractivity contribution in [3.63, 3.8) is 0 Å². The molecule has 5 nitrogen and oxygen atoms in total. The Balaban J connectivity index is 1.91. The van der Waals surface area contributed by atoms with E-state index in [1.807, 2.05) is 35.1 Å². The molecule has 0 radical (unpaired) electrons. The summed E-state index contributed by atoms with van der Waals surface area (Å²) in [5.74, 6) is 0. The summed E-state index contributed by atoms with van der Waals surface area (Å²) in [6.07, 6.45) is 1.84. The SMILES string of the molecule is CCNC(c1ccnn1-c1ccccc1)C1COCCO1. The van der Waals surface area contributed by atoms with Crippen LogP contribution in [0, 0.1) is 0 Å². The van der Waals surface area contributed by atoms with Gasteiger partial charge in [-0.3, -0.25) is 0 Å². The van der Waals surface area contributed by atoms with Gasteiger partial charge in [0.25, 0.3) is 0 Å². The number of para-hydroxylation sites is 1. The standard InChI is InChI=1S/C16H21N3O2/c1-2-17-16(15-12-20-10-11-21-15)14-8-9-18-19(14)13-6-4-3-5-7-13/h3-9,15-17H,2,10-12H2,1H3. The van der Waals surface area contributed by atoms with E-state index in [9.17, 15) is 0 Å². The van der Waals surface area contributed by atoms with E-state index < -0.39 is 0 Å². The third kappa shape index (κ3) is 3.15. The molecule has 0 amide bonds. The van der Waals surface area contributed by atoms with Crippen LogP contribution in [0.25, 0.3) is 5.69 Å². The molecular formula is C16H21N3O2. The fourth-order valence-electron chi connectivity index (χ4n) is 2.68. The van der Waals surface area contributed by atoms with E-state index in [-0.39, 0.29) is 12.1 Å². The first-order chi connectivity index (χ1) is 10.4. The minimum Gasteiger partial charge on any atom is -0.376 e. The molecule has 2 atom stereocenters. The fraction of sp³-hybridized carbons (Fsp3) is 0.438. The van der Waals surface area contributed by atoms with Gasteiger partial charge >= 0.3 is 0 Å². The van der Waals surface area contributed by atoms with Gasteiger partial charge in [-0.1, -0.05) is 25.1 Å². The molecule has 1 aromatic carbocycles. The quantitative estimate of drug-likeness (QED) is 0.913. The maximum Gasteiger partial charge on any atom is 0.102 e. The summed E-state index contributed by atoms with van der Waals surface area (Å²) < 4.78 is 13.4. The van der Waals surface area contributed by atoms with E-state index in [0.717, 1.165) is 17.9 Å². The zero-order valence-corrected chi connectivity index (χ0v) is 12.2. The van der Waals surface area contributed by atoms with Crippen LogP contribution in [-0.2, 0) is 9.47 Å². The average Bonchev–Trinajstić information content (AvgIpc) is 3.03. The molecule has 1 aromatic heterocycles. The molecule has 1 aliphatic rings. The van der Waals surface area contributed by atoms with Gasteiger partial charge in [0.1, 0.15) is 6.10 Å². The molecule has 1 saturated heterocycles. The fourth-order valence-corrected chi connectivity index (χ4v) is 2.68. The summed E-state index contributed by atoms with van der Waals surface area (Å²) >= 11 is 0. The second-order valence-corrected chi connectivity index (χ2v) is 5.02. The van der Waals surface area contributed by atoms with Gasteiger partial charge in [0, 0.05) is 6.20 Å². The van der Waals surface area contributed by atoms with Gasteiger partial charge in [0.15, 0.2) is 0 Å². The Morgan fingerprint density at radius 3 is 2.86 bits per heavy atom. The van der Waals surface area contributed by atoms with Crippen LogP contribution in [0.5, 0.6) is 0 Å². The second-order valence-electron chi connectivity index (χ2n) is 5.02. The molecule has 0 aliphatic carbocycles. The van der Waals surface area contributed by atoms with Crippen molar-refractivity contribution >= 4 is 0 Å². The van der Waals surface area contributed by atoms with E-state index in [4.69, 9.17) is 9.47 Å². The van der Waals surface area contributed by atoms with E-state index >= 15 is 0 Å². The maximum atomic E-state index is 5.88. The Morgan fingerprint density at radius 1 is 1.29 bits per heavy atom. The summed E-state index contributed by atoms with van der Waals surface area (Å²) in [6, 6.07) is 12.3. The highest BCUT2D eigenvalue weighted by atomic mass is 16.6. The average molecular weight is 287 g/mol. The minimum atomic E-state index is 0.0119. The molecule has 112 valence electrons. The smallest absolute Gasteiger partial charge is 0.102 e.